The normalized spacial score (nSPS) is 18.1. The number of benzene rings is 3. The predicted octanol–water partition coefficient (Wildman–Crippen LogP) is 9.23. The molecule has 3 aromatic carbocycles. The molecule has 1 atom stereocenters. The molecule has 0 spiro atoms. The number of hydrogen-bond acceptors (Lipinski definition) is 5. The maximum Gasteiger partial charge on any atom is 0.166 e. The van der Waals surface area contributed by atoms with Gasteiger partial charge in [-0.05, 0) is 123 Å². The summed E-state index contributed by atoms with van der Waals surface area (Å²) in [5.74, 6) is 1.79. The minimum Gasteiger partial charge on any atom is -0.490 e. The number of Topliss-reactive ketones (excluding diaryl/α,β-unsaturated/α-hetero) is 3. The topological polar surface area (TPSA) is 69.7 Å². The molecule has 6 heteroatoms. The molecule has 1 unspecified atom stereocenters. The Kier molecular flexibility index (Phi) is 9.67. The minimum atomic E-state index is -0.782. The molecule has 6 rings (SSSR count). The number of fused-ring (bicyclic) bond motifs is 2. The number of carbonyl (C=O) groups excluding carboxylic acids is 3. The molecule has 242 valence electrons. The van der Waals surface area contributed by atoms with Crippen molar-refractivity contribution >= 4 is 28.7 Å². The molecule has 0 aromatic heterocycles. The maximum absolute atomic E-state index is 13.1. The van der Waals surface area contributed by atoms with E-state index in [4.69, 9.17) is 9.47 Å². The van der Waals surface area contributed by atoms with E-state index in [1.165, 1.54) is 12.1 Å². The van der Waals surface area contributed by atoms with Gasteiger partial charge in [-0.25, -0.2) is 4.39 Å². The molecule has 1 fully saturated rings. The van der Waals surface area contributed by atoms with Crippen LogP contribution in [0.2, 0.25) is 0 Å². The van der Waals surface area contributed by atoms with Gasteiger partial charge >= 0.3 is 0 Å². The molecule has 1 aliphatic heterocycles. The van der Waals surface area contributed by atoms with Gasteiger partial charge in [0.15, 0.2) is 5.78 Å². The van der Waals surface area contributed by atoms with E-state index < -0.39 is 5.41 Å². The Hall–Kier alpha value is -4.58. The fourth-order valence-corrected chi connectivity index (χ4v) is 6.57. The van der Waals surface area contributed by atoms with Crippen molar-refractivity contribution in [1.82, 2.24) is 0 Å². The lowest BCUT2D eigenvalue weighted by Gasteiger charge is -2.23. The fraction of sp³-hybridized carbons (Fsp3) is 0.341. The molecule has 5 nitrogen and oxygen atoms in total. The highest BCUT2D eigenvalue weighted by Gasteiger charge is 2.54. The van der Waals surface area contributed by atoms with Gasteiger partial charge in [0.05, 0.1) is 17.1 Å². The summed E-state index contributed by atoms with van der Waals surface area (Å²) in [6.45, 7) is 6.25. The summed E-state index contributed by atoms with van der Waals surface area (Å²) < 4.78 is 25.7. The van der Waals surface area contributed by atoms with Crippen LogP contribution in [0.4, 0.5) is 4.39 Å². The first-order valence-corrected chi connectivity index (χ1v) is 16.8. The SMILES string of the molecule is C=C1C=CC=C(Oc2ccc(CCCC(=O)C3(C(=O)CCCc4ccc(F)cc4)CC3)cc2)c2cc3c(cc21)OC(C)CCCC3=O. The number of ketones is 3. The fourth-order valence-electron chi connectivity index (χ4n) is 6.57. The summed E-state index contributed by atoms with van der Waals surface area (Å²) in [6.07, 6.45) is 12.7. The van der Waals surface area contributed by atoms with Crippen molar-refractivity contribution in [3.05, 3.63) is 119 Å². The standard InChI is InChI=1S/C41H41FO5/c1-27-7-3-12-37(34-25-35-36(43)11-4-8-28(2)46-38(35)26-33(27)34)47-32-21-17-30(18-22-32)10-6-14-40(45)41(23-24-41)39(44)13-5-9-29-15-19-31(42)20-16-29/h3,7,12,15-22,25-26,28H,1,4-6,8-11,13-14,23-24H2,2H3. The Morgan fingerprint density at radius 3 is 2.19 bits per heavy atom. The van der Waals surface area contributed by atoms with Gasteiger partial charge in [0.25, 0.3) is 0 Å². The Bertz CT molecular complexity index is 1740. The number of ether oxygens (including phenoxy) is 2. The van der Waals surface area contributed by atoms with Crippen molar-refractivity contribution in [3.63, 3.8) is 0 Å². The average molecular weight is 633 g/mol. The van der Waals surface area contributed by atoms with Crippen LogP contribution in [-0.4, -0.2) is 23.5 Å². The first-order chi connectivity index (χ1) is 22.7. The monoisotopic (exact) mass is 632 g/mol. The minimum absolute atomic E-state index is 0.0276. The zero-order valence-corrected chi connectivity index (χ0v) is 27.0. The van der Waals surface area contributed by atoms with Crippen molar-refractivity contribution in [2.45, 2.75) is 83.7 Å². The van der Waals surface area contributed by atoms with Gasteiger partial charge in [-0.2, -0.15) is 0 Å². The van der Waals surface area contributed by atoms with Gasteiger partial charge in [-0.15, -0.1) is 0 Å². The second-order valence-corrected chi connectivity index (χ2v) is 13.1. The summed E-state index contributed by atoms with van der Waals surface area (Å²) >= 11 is 0. The Labute approximate surface area is 276 Å². The summed E-state index contributed by atoms with van der Waals surface area (Å²) in [5, 5.41) is 0. The molecular weight excluding hydrogens is 591 g/mol. The second kappa shape index (κ2) is 14.0. The first-order valence-electron chi connectivity index (χ1n) is 16.8. The Balaban J connectivity index is 1.04. The second-order valence-electron chi connectivity index (χ2n) is 13.1. The predicted molar refractivity (Wildman–Crippen MR) is 182 cm³/mol. The van der Waals surface area contributed by atoms with Crippen LogP contribution in [0.5, 0.6) is 11.5 Å². The highest BCUT2D eigenvalue weighted by Crippen LogP contribution is 2.49. The first kappa shape index (κ1) is 32.4. The van der Waals surface area contributed by atoms with Crippen LogP contribution in [0, 0.1) is 11.2 Å². The number of carbonyl (C=O) groups is 3. The smallest absolute Gasteiger partial charge is 0.166 e. The number of hydrogen-bond donors (Lipinski definition) is 0. The number of rotatable bonds is 12. The molecular formula is C41H41FO5. The molecule has 2 aliphatic carbocycles. The molecule has 0 radical (unpaired) electrons. The molecule has 0 saturated heterocycles. The van der Waals surface area contributed by atoms with Crippen LogP contribution in [-0.2, 0) is 22.4 Å². The van der Waals surface area contributed by atoms with Crippen LogP contribution in [0.3, 0.4) is 0 Å². The van der Waals surface area contributed by atoms with Crippen molar-refractivity contribution in [1.29, 1.82) is 0 Å². The highest BCUT2D eigenvalue weighted by atomic mass is 19.1. The lowest BCUT2D eigenvalue weighted by atomic mass is 9.88. The van der Waals surface area contributed by atoms with E-state index in [2.05, 4.69) is 6.58 Å². The Morgan fingerprint density at radius 1 is 0.915 bits per heavy atom. The van der Waals surface area contributed by atoms with Gasteiger partial charge in [0.1, 0.15) is 34.6 Å². The average Bonchev–Trinajstić information content (AvgIpc) is 3.88. The molecule has 0 bridgehead atoms. The summed E-state index contributed by atoms with van der Waals surface area (Å²) in [6, 6.07) is 18.0. The lowest BCUT2D eigenvalue weighted by molar-refractivity contribution is -0.134. The zero-order valence-electron chi connectivity index (χ0n) is 27.0. The van der Waals surface area contributed by atoms with Crippen molar-refractivity contribution in [3.8, 4) is 11.5 Å². The van der Waals surface area contributed by atoms with E-state index in [-0.39, 0.29) is 29.3 Å². The van der Waals surface area contributed by atoms with Crippen LogP contribution < -0.4 is 9.47 Å². The van der Waals surface area contributed by atoms with Crippen molar-refractivity contribution < 1.29 is 28.2 Å². The van der Waals surface area contributed by atoms with E-state index in [0.29, 0.717) is 74.2 Å². The third-order valence-corrected chi connectivity index (χ3v) is 9.54. The van der Waals surface area contributed by atoms with Crippen LogP contribution in [0.1, 0.15) is 97.3 Å². The van der Waals surface area contributed by atoms with Crippen molar-refractivity contribution in [2.75, 3.05) is 0 Å². The largest absolute Gasteiger partial charge is 0.490 e. The van der Waals surface area contributed by atoms with Crippen LogP contribution >= 0.6 is 0 Å². The van der Waals surface area contributed by atoms with E-state index in [0.717, 1.165) is 47.1 Å². The quantitative estimate of drug-likeness (QED) is 0.186. The summed E-state index contributed by atoms with van der Waals surface area (Å²) in [7, 11) is 0. The summed E-state index contributed by atoms with van der Waals surface area (Å²) in [5.41, 5.74) is 4.35. The highest BCUT2D eigenvalue weighted by molar-refractivity contribution is 6.09. The lowest BCUT2D eigenvalue weighted by Crippen LogP contribution is -2.26. The molecule has 1 saturated carbocycles. The number of aryl methyl sites for hydroxylation is 2. The zero-order chi connectivity index (χ0) is 33.0. The molecule has 1 heterocycles. The van der Waals surface area contributed by atoms with E-state index in [1.807, 2.05) is 61.5 Å². The van der Waals surface area contributed by atoms with Gasteiger partial charge < -0.3 is 9.47 Å². The Morgan fingerprint density at radius 2 is 1.55 bits per heavy atom. The third kappa shape index (κ3) is 7.54. The van der Waals surface area contributed by atoms with E-state index >= 15 is 0 Å². The van der Waals surface area contributed by atoms with E-state index in [1.54, 1.807) is 12.1 Å². The molecule has 3 aliphatic rings. The van der Waals surface area contributed by atoms with Gasteiger partial charge in [0, 0.05) is 24.8 Å². The summed E-state index contributed by atoms with van der Waals surface area (Å²) in [4.78, 5) is 39.1. The van der Waals surface area contributed by atoms with Gasteiger partial charge in [0.2, 0.25) is 0 Å². The van der Waals surface area contributed by atoms with Gasteiger partial charge in [-0.1, -0.05) is 43.0 Å². The molecule has 0 N–H and O–H groups in total. The van der Waals surface area contributed by atoms with Crippen LogP contribution in [0.25, 0.3) is 11.3 Å². The van der Waals surface area contributed by atoms with Crippen molar-refractivity contribution in [2.24, 2.45) is 5.41 Å². The molecule has 3 aromatic rings. The van der Waals surface area contributed by atoms with Gasteiger partial charge in [-0.3, -0.25) is 14.4 Å². The molecule has 0 amide bonds. The number of allylic oxidation sites excluding steroid dienone is 4. The maximum atomic E-state index is 13.1. The van der Waals surface area contributed by atoms with E-state index in [9.17, 15) is 18.8 Å². The molecule has 47 heavy (non-hydrogen) atoms. The number of halogens is 1. The van der Waals surface area contributed by atoms with Crippen LogP contribution in [0.15, 0.2) is 85.5 Å². The third-order valence-electron chi connectivity index (χ3n) is 9.54.